The number of aromatic nitrogens is 2. The van der Waals surface area contributed by atoms with Gasteiger partial charge in [-0.2, -0.15) is 0 Å². The number of hydrogen-bond acceptors (Lipinski definition) is 4. The number of unbranched alkanes of at least 4 members (excludes halogenated alkanes) is 2. The summed E-state index contributed by atoms with van der Waals surface area (Å²) in [5.74, 6) is 0.960. The number of ketones is 2. The summed E-state index contributed by atoms with van der Waals surface area (Å²) < 4.78 is 0. The molecule has 1 heterocycles. The third kappa shape index (κ3) is 5.81. The van der Waals surface area contributed by atoms with Crippen LogP contribution in [-0.2, 0) is 22.4 Å². The summed E-state index contributed by atoms with van der Waals surface area (Å²) in [5.41, 5.74) is 3.06. The van der Waals surface area contributed by atoms with Crippen LogP contribution in [0.25, 0.3) is 11.4 Å². The molecular weight excluding hydrogens is 360 g/mol. The Bertz CT molecular complexity index is 812. The highest BCUT2D eigenvalue weighted by Crippen LogP contribution is 2.29. The van der Waals surface area contributed by atoms with Crippen molar-refractivity contribution in [2.45, 2.75) is 71.6 Å². The summed E-state index contributed by atoms with van der Waals surface area (Å²) in [6, 6.07) is 7.83. The molecule has 2 unspecified atom stereocenters. The fourth-order valence-electron chi connectivity index (χ4n) is 4.09. The Kier molecular flexibility index (Phi) is 7.68. The van der Waals surface area contributed by atoms with Gasteiger partial charge in [-0.1, -0.05) is 57.4 Å². The number of benzene rings is 1. The highest BCUT2D eigenvalue weighted by molar-refractivity contribution is 6.03. The summed E-state index contributed by atoms with van der Waals surface area (Å²) in [6.07, 6.45) is 12.1. The molecule has 0 bridgehead atoms. The Hall–Kier alpha value is -2.36. The summed E-state index contributed by atoms with van der Waals surface area (Å²) in [7, 11) is 0. The third-order valence-corrected chi connectivity index (χ3v) is 6.07. The number of rotatable bonds is 9. The predicted molar refractivity (Wildman–Crippen MR) is 116 cm³/mol. The van der Waals surface area contributed by atoms with Crippen LogP contribution < -0.4 is 0 Å². The lowest BCUT2D eigenvalue weighted by Gasteiger charge is -2.25. The minimum Gasteiger partial charge on any atom is -0.299 e. The molecule has 1 aromatic heterocycles. The van der Waals surface area contributed by atoms with Crippen LogP contribution in [0.5, 0.6) is 0 Å². The Labute approximate surface area is 174 Å². The zero-order valence-electron chi connectivity index (χ0n) is 17.7. The Morgan fingerprint density at radius 2 is 1.72 bits per heavy atom. The maximum Gasteiger partial charge on any atom is 0.159 e. The first-order valence-corrected chi connectivity index (χ1v) is 11.1. The van der Waals surface area contributed by atoms with Crippen LogP contribution in [-0.4, -0.2) is 21.5 Å². The van der Waals surface area contributed by atoms with Crippen molar-refractivity contribution in [3.05, 3.63) is 47.8 Å². The molecule has 154 valence electrons. The summed E-state index contributed by atoms with van der Waals surface area (Å²) in [4.78, 5) is 33.9. The summed E-state index contributed by atoms with van der Waals surface area (Å²) in [6.45, 7) is 4.32. The lowest BCUT2D eigenvalue weighted by Crippen LogP contribution is -2.31. The van der Waals surface area contributed by atoms with E-state index in [4.69, 9.17) is 0 Å². The van der Waals surface area contributed by atoms with Gasteiger partial charge in [0.25, 0.3) is 0 Å². The van der Waals surface area contributed by atoms with E-state index < -0.39 is 5.92 Å². The van der Waals surface area contributed by atoms with E-state index in [2.05, 4.69) is 23.8 Å². The molecule has 0 spiro atoms. The van der Waals surface area contributed by atoms with Crippen molar-refractivity contribution < 1.29 is 9.59 Å². The van der Waals surface area contributed by atoms with Gasteiger partial charge < -0.3 is 0 Å². The van der Waals surface area contributed by atoms with Gasteiger partial charge in [0.15, 0.2) is 5.82 Å². The van der Waals surface area contributed by atoms with E-state index in [0.717, 1.165) is 30.4 Å². The maximum atomic E-state index is 12.6. The van der Waals surface area contributed by atoms with Crippen molar-refractivity contribution >= 4 is 11.6 Å². The average Bonchev–Trinajstić information content (AvgIpc) is 2.75. The van der Waals surface area contributed by atoms with Crippen LogP contribution in [0.2, 0.25) is 0 Å². The Balaban J connectivity index is 1.57. The quantitative estimate of drug-likeness (QED) is 0.424. The molecule has 0 amide bonds. The lowest BCUT2D eigenvalue weighted by atomic mass is 9.77. The molecule has 1 aliphatic rings. The van der Waals surface area contributed by atoms with E-state index in [-0.39, 0.29) is 11.6 Å². The van der Waals surface area contributed by atoms with Gasteiger partial charge in [-0.15, -0.1) is 0 Å². The zero-order valence-corrected chi connectivity index (χ0v) is 17.7. The number of hydrogen-bond donors (Lipinski definition) is 0. The molecule has 1 aliphatic carbocycles. The van der Waals surface area contributed by atoms with Gasteiger partial charge in [-0.25, -0.2) is 9.97 Å². The smallest absolute Gasteiger partial charge is 0.159 e. The number of Topliss-reactive ketones (excluding diaryl/α,β-unsaturated/α-hetero) is 2. The van der Waals surface area contributed by atoms with Crippen LogP contribution >= 0.6 is 0 Å². The Morgan fingerprint density at radius 1 is 1.00 bits per heavy atom. The van der Waals surface area contributed by atoms with Gasteiger partial charge in [0.1, 0.15) is 11.6 Å². The SMILES string of the molecule is CCCCCc1cnc(-c2ccc(CC(=O)C3CCC(CC)CC3=O)cc2)nc1. The van der Waals surface area contributed by atoms with Crippen molar-refractivity contribution in [1.82, 2.24) is 9.97 Å². The first-order chi connectivity index (χ1) is 14.1. The normalized spacial score (nSPS) is 19.3. The third-order valence-electron chi connectivity index (χ3n) is 6.07. The second-order valence-corrected chi connectivity index (χ2v) is 8.29. The van der Waals surface area contributed by atoms with E-state index in [0.29, 0.717) is 31.0 Å². The zero-order chi connectivity index (χ0) is 20.6. The molecule has 2 atom stereocenters. The van der Waals surface area contributed by atoms with E-state index >= 15 is 0 Å². The average molecular weight is 393 g/mol. The molecule has 3 rings (SSSR count). The van der Waals surface area contributed by atoms with Crippen LogP contribution in [0.3, 0.4) is 0 Å². The standard InChI is InChI=1S/C25H32N2O2/c1-3-5-6-7-20-16-26-25(27-17-20)21-11-8-19(9-12-21)15-24(29)22-13-10-18(4-2)14-23(22)28/h8-9,11-12,16-18,22H,3-7,10,13-15H2,1-2H3. The second kappa shape index (κ2) is 10.4. The molecule has 4 nitrogen and oxygen atoms in total. The molecular formula is C25H32N2O2. The molecule has 0 aliphatic heterocycles. The highest BCUT2D eigenvalue weighted by Gasteiger charge is 2.32. The number of carbonyl (C=O) groups excluding carboxylic acids is 2. The van der Waals surface area contributed by atoms with E-state index in [9.17, 15) is 9.59 Å². The molecule has 0 radical (unpaired) electrons. The van der Waals surface area contributed by atoms with E-state index in [1.807, 2.05) is 36.7 Å². The molecule has 29 heavy (non-hydrogen) atoms. The minimum absolute atomic E-state index is 0.0602. The highest BCUT2D eigenvalue weighted by atomic mass is 16.1. The van der Waals surface area contributed by atoms with Crippen LogP contribution in [0, 0.1) is 11.8 Å². The van der Waals surface area contributed by atoms with Gasteiger partial charge >= 0.3 is 0 Å². The van der Waals surface area contributed by atoms with E-state index in [1.54, 1.807) is 0 Å². The van der Waals surface area contributed by atoms with Crippen LogP contribution in [0.4, 0.5) is 0 Å². The predicted octanol–water partition coefficient (Wildman–Crippen LogP) is 5.38. The van der Waals surface area contributed by atoms with Crippen LogP contribution in [0.1, 0.15) is 69.9 Å². The van der Waals surface area contributed by atoms with Gasteiger partial charge in [-0.3, -0.25) is 9.59 Å². The van der Waals surface area contributed by atoms with Crippen molar-refractivity contribution in [3.8, 4) is 11.4 Å². The van der Waals surface area contributed by atoms with E-state index in [1.165, 1.54) is 24.8 Å². The van der Waals surface area contributed by atoms with Gasteiger partial charge in [0.05, 0.1) is 5.92 Å². The molecule has 0 N–H and O–H groups in total. The van der Waals surface area contributed by atoms with Gasteiger partial charge in [0.2, 0.25) is 0 Å². The van der Waals surface area contributed by atoms with Gasteiger partial charge in [0, 0.05) is 30.8 Å². The molecule has 2 aromatic rings. The summed E-state index contributed by atoms with van der Waals surface area (Å²) >= 11 is 0. The second-order valence-electron chi connectivity index (χ2n) is 8.29. The van der Waals surface area contributed by atoms with Crippen LogP contribution in [0.15, 0.2) is 36.7 Å². The molecule has 1 aromatic carbocycles. The van der Waals surface area contributed by atoms with Crippen molar-refractivity contribution in [2.75, 3.05) is 0 Å². The minimum atomic E-state index is -0.402. The Morgan fingerprint density at radius 3 is 2.34 bits per heavy atom. The first kappa shape index (κ1) is 21.4. The molecule has 4 heteroatoms. The van der Waals surface area contributed by atoms with Gasteiger partial charge in [-0.05, 0) is 42.7 Å². The largest absolute Gasteiger partial charge is 0.299 e. The molecule has 0 saturated heterocycles. The maximum absolute atomic E-state index is 12.6. The number of nitrogens with zero attached hydrogens (tertiary/aromatic N) is 2. The lowest BCUT2D eigenvalue weighted by molar-refractivity contribution is -0.135. The first-order valence-electron chi connectivity index (χ1n) is 11.1. The van der Waals surface area contributed by atoms with Crippen molar-refractivity contribution in [3.63, 3.8) is 0 Å². The van der Waals surface area contributed by atoms with Crippen molar-refractivity contribution in [2.24, 2.45) is 11.8 Å². The fraction of sp³-hybridized carbons (Fsp3) is 0.520. The monoisotopic (exact) mass is 392 g/mol. The fourth-order valence-corrected chi connectivity index (χ4v) is 4.09. The summed E-state index contributed by atoms with van der Waals surface area (Å²) in [5, 5.41) is 0. The molecule has 1 saturated carbocycles. The van der Waals surface area contributed by atoms with Crippen molar-refractivity contribution in [1.29, 1.82) is 0 Å². The molecule has 1 fully saturated rings. The number of carbonyl (C=O) groups is 2. The number of aryl methyl sites for hydroxylation is 1. The topological polar surface area (TPSA) is 59.9 Å².